The van der Waals surface area contributed by atoms with Gasteiger partial charge in [0.25, 0.3) is 0 Å². The summed E-state index contributed by atoms with van der Waals surface area (Å²) in [7, 11) is -2.85. The molecule has 0 amide bonds. The fourth-order valence-corrected chi connectivity index (χ4v) is 0.778. The van der Waals surface area contributed by atoms with Crippen LogP contribution in [0.25, 0.3) is 0 Å². The van der Waals surface area contributed by atoms with Crippen LogP contribution in [-0.2, 0) is 23.5 Å². The lowest BCUT2D eigenvalue weighted by Gasteiger charge is -2.02. The average molecular weight is 200 g/mol. The van der Waals surface area contributed by atoms with Crippen LogP contribution in [0.4, 0.5) is 0 Å². The summed E-state index contributed by atoms with van der Waals surface area (Å²) in [4.78, 5) is 0. The minimum Gasteiger partial charge on any atom is -0.394 e. The maximum absolute atomic E-state index is 10.5. The van der Waals surface area contributed by atoms with Gasteiger partial charge in [-0.05, 0) is 0 Å². The molecule has 0 unspecified atom stereocenters. The minimum atomic E-state index is -3.85. The molecule has 6 nitrogen and oxygen atoms in total. The van der Waals surface area contributed by atoms with Crippen molar-refractivity contribution in [3.8, 4) is 0 Å². The molecule has 0 aliphatic carbocycles. The first-order valence-electron chi connectivity index (χ1n) is 3.26. The van der Waals surface area contributed by atoms with Crippen LogP contribution in [0.15, 0.2) is 0 Å². The summed E-state index contributed by atoms with van der Waals surface area (Å²) in [5.41, 5.74) is 0. The Balaban J connectivity index is 3.32. The van der Waals surface area contributed by atoms with Crippen LogP contribution in [0.2, 0.25) is 0 Å². The third kappa shape index (κ3) is 6.50. The van der Waals surface area contributed by atoms with E-state index in [-0.39, 0.29) is 26.4 Å². The van der Waals surface area contributed by atoms with Gasteiger partial charge in [0.1, 0.15) is 0 Å². The van der Waals surface area contributed by atoms with Crippen molar-refractivity contribution in [2.45, 2.75) is 0 Å². The van der Waals surface area contributed by atoms with Crippen molar-refractivity contribution in [3.63, 3.8) is 0 Å². The molecular formula is C5H12O6S. The molecule has 0 radical (unpaired) electrons. The number of aliphatic hydroxyl groups is 1. The maximum atomic E-state index is 10.5. The molecule has 0 bridgehead atoms. The molecule has 0 aromatic rings. The number of ether oxygens (including phenoxy) is 1. The van der Waals surface area contributed by atoms with Crippen LogP contribution < -0.4 is 0 Å². The Labute approximate surface area is 71.4 Å². The van der Waals surface area contributed by atoms with Crippen LogP contribution in [0.5, 0.6) is 0 Å². The smallest absolute Gasteiger partial charge is 0.394 e. The molecule has 0 aromatic heterocycles. The van der Waals surface area contributed by atoms with Crippen molar-refractivity contribution in [2.24, 2.45) is 0 Å². The Morgan fingerprint density at radius 1 is 1.25 bits per heavy atom. The standard InChI is InChI=1S/C5H12O6S/c1-9-12(7,8)11-5-4-10-3-2-6/h6H,2-5H2,1H3. The normalized spacial score (nSPS) is 11.8. The van der Waals surface area contributed by atoms with Crippen molar-refractivity contribution < 1.29 is 26.6 Å². The topological polar surface area (TPSA) is 82.1 Å². The van der Waals surface area contributed by atoms with Gasteiger partial charge in [0, 0.05) is 0 Å². The van der Waals surface area contributed by atoms with E-state index in [1.54, 1.807) is 0 Å². The SMILES string of the molecule is COS(=O)(=O)OCCOCCO. The zero-order valence-electron chi connectivity index (χ0n) is 6.73. The molecule has 0 fully saturated rings. The Morgan fingerprint density at radius 2 is 1.92 bits per heavy atom. The van der Waals surface area contributed by atoms with Gasteiger partial charge in [0.2, 0.25) is 0 Å². The van der Waals surface area contributed by atoms with E-state index in [9.17, 15) is 8.42 Å². The van der Waals surface area contributed by atoms with Crippen LogP contribution >= 0.6 is 0 Å². The largest absolute Gasteiger partial charge is 0.399 e. The highest BCUT2D eigenvalue weighted by atomic mass is 32.3. The summed E-state index contributed by atoms with van der Waals surface area (Å²) in [6.45, 7) is 0.0484. The van der Waals surface area contributed by atoms with E-state index in [0.717, 1.165) is 7.11 Å². The van der Waals surface area contributed by atoms with Crippen LogP contribution in [-0.4, -0.2) is 47.1 Å². The van der Waals surface area contributed by atoms with E-state index >= 15 is 0 Å². The number of hydrogen-bond acceptors (Lipinski definition) is 6. The lowest BCUT2D eigenvalue weighted by molar-refractivity contribution is 0.0681. The van der Waals surface area contributed by atoms with Gasteiger partial charge >= 0.3 is 10.4 Å². The van der Waals surface area contributed by atoms with E-state index < -0.39 is 10.4 Å². The minimum absolute atomic E-state index is 0.100. The monoisotopic (exact) mass is 200 g/mol. The zero-order chi connectivity index (χ0) is 9.45. The summed E-state index contributed by atoms with van der Waals surface area (Å²) in [6, 6.07) is 0. The average Bonchev–Trinajstić information content (AvgIpc) is 2.04. The molecule has 0 spiro atoms. The van der Waals surface area contributed by atoms with Crippen molar-refractivity contribution in [3.05, 3.63) is 0 Å². The highest BCUT2D eigenvalue weighted by molar-refractivity contribution is 7.81. The summed E-state index contributed by atoms with van der Waals surface area (Å²) in [6.07, 6.45) is 0. The second-order valence-corrected chi connectivity index (χ2v) is 3.12. The van der Waals surface area contributed by atoms with Crippen molar-refractivity contribution >= 4 is 10.4 Å². The van der Waals surface area contributed by atoms with E-state index in [0.29, 0.717) is 0 Å². The zero-order valence-corrected chi connectivity index (χ0v) is 7.54. The Bertz CT molecular complexity index is 186. The van der Waals surface area contributed by atoms with Crippen molar-refractivity contribution in [1.29, 1.82) is 0 Å². The number of aliphatic hydroxyl groups excluding tert-OH is 1. The lowest BCUT2D eigenvalue weighted by Crippen LogP contribution is -2.13. The first-order chi connectivity index (χ1) is 5.62. The second-order valence-electron chi connectivity index (χ2n) is 1.73. The quantitative estimate of drug-likeness (QED) is 0.525. The molecule has 0 aromatic carbocycles. The highest BCUT2D eigenvalue weighted by Gasteiger charge is 2.07. The maximum Gasteiger partial charge on any atom is 0.399 e. The number of rotatable bonds is 7. The molecule has 0 aliphatic heterocycles. The van der Waals surface area contributed by atoms with Gasteiger partial charge in [0.05, 0.1) is 33.5 Å². The summed E-state index contributed by atoms with van der Waals surface area (Å²) >= 11 is 0. The molecule has 0 saturated heterocycles. The van der Waals surface area contributed by atoms with E-state index in [1.165, 1.54) is 0 Å². The summed E-state index contributed by atoms with van der Waals surface area (Å²) in [5.74, 6) is 0. The molecule has 0 aliphatic rings. The highest BCUT2D eigenvalue weighted by Crippen LogP contribution is 1.91. The predicted octanol–water partition coefficient (Wildman–Crippen LogP) is -1.10. The van der Waals surface area contributed by atoms with Crippen LogP contribution in [0.1, 0.15) is 0 Å². The molecule has 0 saturated carbocycles. The molecule has 0 atom stereocenters. The molecule has 1 N–H and O–H groups in total. The third-order valence-corrected chi connectivity index (χ3v) is 1.76. The summed E-state index contributed by atoms with van der Waals surface area (Å²) in [5, 5.41) is 8.26. The van der Waals surface area contributed by atoms with E-state index in [1.807, 2.05) is 0 Å². The van der Waals surface area contributed by atoms with Gasteiger partial charge in [-0.15, -0.1) is 0 Å². The van der Waals surface area contributed by atoms with Gasteiger partial charge in [-0.2, -0.15) is 8.42 Å². The first kappa shape index (κ1) is 11.8. The van der Waals surface area contributed by atoms with Gasteiger partial charge in [0.15, 0.2) is 0 Å². The van der Waals surface area contributed by atoms with E-state index in [2.05, 4.69) is 8.37 Å². The van der Waals surface area contributed by atoms with Crippen molar-refractivity contribution in [1.82, 2.24) is 0 Å². The van der Waals surface area contributed by atoms with Crippen LogP contribution in [0.3, 0.4) is 0 Å². The van der Waals surface area contributed by atoms with Gasteiger partial charge in [-0.1, -0.05) is 0 Å². The molecule has 0 rings (SSSR count). The molecule has 0 heterocycles. The Hall–Kier alpha value is -0.210. The van der Waals surface area contributed by atoms with Crippen LogP contribution in [0, 0.1) is 0 Å². The first-order valence-corrected chi connectivity index (χ1v) is 4.59. The second kappa shape index (κ2) is 6.32. The number of hydrogen-bond donors (Lipinski definition) is 1. The predicted molar refractivity (Wildman–Crippen MR) is 39.8 cm³/mol. The van der Waals surface area contributed by atoms with E-state index in [4.69, 9.17) is 9.84 Å². The molecule has 7 heteroatoms. The molecule has 74 valence electrons. The fourth-order valence-electron chi connectivity index (χ4n) is 0.410. The van der Waals surface area contributed by atoms with Gasteiger partial charge in [-0.3, -0.25) is 4.18 Å². The summed E-state index contributed by atoms with van der Waals surface area (Å²) < 4.78 is 34.0. The van der Waals surface area contributed by atoms with Gasteiger partial charge < -0.3 is 9.84 Å². The third-order valence-electron chi connectivity index (χ3n) is 0.895. The van der Waals surface area contributed by atoms with Crippen molar-refractivity contribution in [2.75, 3.05) is 33.5 Å². The van der Waals surface area contributed by atoms with Gasteiger partial charge in [-0.25, -0.2) is 4.18 Å². The Morgan fingerprint density at radius 3 is 2.42 bits per heavy atom. The molecule has 12 heavy (non-hydrogen) atoms. The Kier molecular flexibility index (Phi) is 6.21. The fraction of sp³-hybridized carbons (Fsp3) is 1.00. The molecular weight excluding hydrogens is 188 g/mol. The lowest BCUT2D eigenvalue weighted by atomic mass is 10.7.